The van der Waals surface area contributed by atoms with E-state index < -0.39 is 11.9 Å². The van der Waals surface area contributed by atoms with Crippen molar-refractivity contribution < 1.29 is 18.8 Å². The molecule has 0 spiro atoms. The van der Waals surface area contributed by atoms with E-state index in [4.69, 9.17) is 4.42 Å². The summed E-state index contributed by atoms with van der Waals surface area (Å²) >= 11 is 0. The largest absolute Gasteiger partial charge is 0.440 e. The van der Waals surface area contributed by atoms with Crippen LogP contribution in [0.5, 0.6) is 0 Å². The zero-order chi connectivity index (χ0) is 20.8. The van der Waals surface area contributed by atoms with E-state index in [2.05, 4.69) is 10.3 Å². The maximum absolute atomic E-state index is 12.9. The highest BCUT2D eigenvalue weighted by atomic mass is 16.4. The van der Waals surface area contributed by atoms with Gasteiger partial charge >= 0.3 is 0 Å². The summed E-state index contributed by atoms with van der Waals surface area (Å²) in [5.41, 5.74) is 3.90. The van der Waals surface area contributed by atoms with E-state index in [1.807, 2.05) is 42.5 Å². The number of benzene rings is 2. The van der Waals surface area contributed by atoms with Crippen LogP contribution in [0.1, 0.15) is 34.7 Å². The van der Waals surface area contributed by atoms with E-state index in [0.29, 0.717) is 35.9 Å². The Balaban J connectivity index is 1.49. The number of nitrogens with zero attached hydrogens (tertiary/aromatic N) is 2. The minimum atomic E-state index is -0.625. The zero-order valence-electron chi connectivity index (χ0n) is 16.3. The number of imide groups is 1. The van der Waals surface area contributed by atoms with Crippen molar-refractivity contribution in [3.63, 3.8) is 0 Å². The third kappa shape index (κ3) is 2.99. The molecule has 2 aliphatic rings. The number of hydrogen-bond acceptors (Lipinski definition) is 5. The average molecular weight is 401 g/mol. The third-order valence-electron chi connectivity index (χ3n) is 5.57. The summed E-state index contributed by atoms with van der Waals surface area (Å²) in [5, 5.41) is 2.33. The second kappa shape index (κ2) is 6.95. The Bertz CT molecular complexity index is 1180. The first-order valence-electron chi connectivity index (χ1n) is 9.82. The highest BCUT2D eigenvalue weighted by Crippen LogP contribution is 2.35. The number of aryl methyl sites for hydroxylation is 1. The van der Waals surface area contributed by atoms with E-state index in [1.165, 1.54) is 0 Å². The molecule has 0 unspecified atom stereocenters. The molecule has 2 aromatic carbocycles. The van der Waals surface area contributed by atoms with Crippen molar-refractivity contribution in [1.29, 1.82) is 0 Å². The van der Waals surface area contributed by atoms with Crippen molar-refractivity contribution in [2.75, 3.05) is 0 Å². The number of piperidine rings is 1. The Hall–Kier alpha value is -3.74. The molecule has 1 fully saturated rings. The van der Waals surface area contributed by atoms with Crippen LogP contribution in [0.15, 0.2) is 52.9 Å². The fourth-order valence-corrected chi connectivity index (χ4v) is 4.13. The molecule has 1 N–H and O–H groups in total. The molecule has 7 nitrogen and oxygen atoms in total. The average Bonchev–Trinajstić information content (AvgIpc) is 3.29. The molecular weight excluding hydrogens is 382 g/mol. The molecule has 5 rings (SSSR count). The predicted molar refractivity (Wildman–Crippen MR) is 108 cm³/mol. The first-order valence-corrected chi connectivity index (χ1v) is 9.82. The van der Waals surface area contributed by atoms with Crippen molar-refractivity contribution in [2.24, 2.45) is 0 Å². The third-order valence-corrected chi connectivity index (χ3v) is 5.57. The molecule has 3 amide bonds. The van der Waals surface area contributed by atoms with Gasteiger partial charge in [-0.1, -0.05) is 36.4 Å². The molecule has 30 heavy (non-hydrogen) atoms. The second-order valence-corrected chi connectivity index (χ2v) is 7.55. The molecule has 0 bridgehead atoms. The lowest BCUT2D eigenvalue weighted by molar-refractivity contribution is -0.136. The van der Waals surface area contributed by atoms with Gasteiger partial charge in [-0.05, 0) is 24.1 Å². The van der Waals surface area contributed by atoms with Gasteiger partial charge in [-0.25, -0.2) is 4.98 Å². The number of carbonyl (C=O) groups is 3. The maximum Gasteiger partial charge on any atom is 0.255 e. The standard InChI is InChI=1S/C23H19N3O4/c1-13-24-20(21(30-13)14-5-3-2-4-6-14)15-7-8-17-16(11-15)12-26(23(17)29)18-9-10-19(27)25-22(18)28/h2-8,11,18H,9-10,12H2,1H3,(H,25,27,28)/t18-/m1/s1. The summed E-state index contributed by atoms with van der Waals surface area (Å²) < 4.78 is 5.86. The molecule has 0 saturated carbocycles. The van der Waals surface area contributed by atoms with Crippen LogP contribution < -0.4 is 5.32 Å². The molecule has 3 aromatic rings. The van der Waals surface area contributed by atoms with Crippen LogP contribution in [0, 0.1) is 6.92 Å². The van der Waals surface area contributed by atoms with Gasteiger partial charge in [-0.2, -0.15) is 0 Å². The summed E-state index contributed by atoms with van der Waals surface area (Å²) in [7, 11) is 0. The Morgan fingerprint density at radius 1 is 1.07 bits per heavy atom. The van der Waals surface area contributed by atoms with Gasteiger partial charge in [0.25, 0.3) is 5.91 Å². The SMILES string of the molecule is Cc1nc(-c2ccc3c(c2)CN([C@@H]2CCC(=O)NC2=O)C3=O)c(-c2ccccc2)o1. The molecule has 150 valence electrons. The summed E-state index contributed by atoms with van der Waals surface area (Å²) in [5.74, 6) is 0.347. The van der Waals surface area contributed by atoms with Crippen LogP contribution in [0.25, 0.3) is 22.6 Å². The molecule has 2 aliphatic heterocycles. The number of rotatable bonds is 3. The number of carbonyl (C=O) groups excluding carboxylic acids is 3. The highest BCUT2D eigenvalue weighted by molar-refractivity contribution is 6.05. The molecular formula is C23H19N3O4. The van der Waals surface area contributed by atoms with E-state index in [0.717, 1.165) is 16.7 Å². The van der Waals surface area contributed by atoms with Gasteiger partial charge in [0.05, 0.1) is 0 Å². The molecule has 0 radical (unpaired) electrons. The lowest BCUT2D eigenvalue weighted by Gasteiger charge is -2.29. The first kappa shape index (κ1) is 18.3. The number of nitrogens with one attached hydrogen (secondary N) is 1. The summed E-state index contributed by atoms with van der Waals surface area (Å²) in [4.78, 5) is 42.7. The summed E-state index contributed by atoms with van der Waals surface area (Å²) in [6, 6.07) is 14.7. The quantitative estimate of drug-likeness (QED) is 0.681. The predicted octanol–water partition coefficient (Wildman–Crippen LogP) is 3.08. The van der Waals surface area contributed by atoms with Crippen molar-refractivity contribution in [3.8, 4) is 22.6 Å². The lowest BCUT2D eigenvalue weighted by atomic mass is 10.0. The number of oxazole rings is 1. The topological polar surface area (TPSA) is 92.5 Å². The van der Waals surface area contributed by atoms with Gasteiger partial charge in [-0.15, -0.1) is 0 Å². The van der Waals surface area contributed by atoms with Crippen LogP contribution in [0.2, 0.25) is 0 Å². The minimum Gasteiger partial charge on any atom is -0.440 e. The number of amides is 3. The molecule has 1 aromatic heterocycles. The minimum absolute atomic E-state index is 0.189. The van der Waals surface area contributed by atoms with E-state index in [1.54, 1.807) is 17.9 Å². The lowest BCUT2D eigenvalue weighted by Crippen LogP contribution is -2.52. The van der Waals surface area contributed by atoms with Crippen LogP contribution in [-0.2, 0) is 16.1 Å². The fourth-order valence-electron chi connectivity index (χ4n) is 4.13. The van der Waals surface area contributed by atoms with Crippen LogP contribution in [0.4, 0.5) is 0 Å². The van der Waals surface area contributed by atoms with Gasteiger partial charge in [0.1, 0.15) is 11.7 Å². The van der Waals surface area contributed by atoms with Crippen LogP contribution >= 0.6 is 0 Å². The molecule has 0 aliphatic carbocycles. The zero-order valence-corrected chi connectivity index (χ0v) is 16.3. The second-order valence-electron chi connectivity index (χ2n) is 7.55. The Morgan fingerprint density at radius 2 is 1.87 bits per heavy atom. The van der Waals surface area contributed by atoms with Gasteiger partial charge in [-0.3, -0.25) is 19.7 Å². The Labute approximate surface area is 172 Å². The number of hydrogen-bond donors (Lipinski definition) is 1. The van der Waals surface area contributed by atoms with E-state index in [9.17, 15) is 14.4 Å². The van der Waals surface area contributed by atoms with Gasteiger partial charge in [0.15, 0.2) is 11.7 Å². The smallest absolute Gasteiger partial charge is 0.255 e. The number of aromatic nitrogens is 1. The van der Waals surface area contributed by atoms with Crippen molar-refractivity contribution in [1.82, 2.24) is 15.2 Å². The first-order chi connectivity index (χ1) is 14.5. The molecule has 1 saturated heterocycles. The summed E-state index contributed by atoms with van der Waals surface area (Å²) in [6.45, 7) is 2.13. The van der Waals surface area contributed by atoms with Crippen molar-refractivity contribution in [3.05, 3.63) is 65.5 Å². The Kier molecular flexibility index (Phi) is 4.24. The van der Waals surface area contributed by atoms with Gasteiger partial charge in [0, 0.05) is 36.6 Å². The normalized spacial score (nSPS) is 18.5. The molecule has 7 heteroatoms. The van der Waals surface area contributed by atoms with Crippen LogP contribution in [-0.4, -0.2) is 33.6 Å². The van der Waals surface area contributed by atoms with Crippen molar-refractivity contribution in [2.45, 2.75) is 32.4 Å². The number of fused-ring (bicyclic) bond motifs is 1. The van der Waals surface area contributed by atoms with Gasteiger partial charge in [0.2, 0.25) is 11.8 Å². The van der Waals surface area contributed by atoms with E-state index in [-0.39, 0.29) is 18.2 Å². The highest BCUT2D eigenvalue weighted by Gasteiger charge is 2.39. The van der Waals surface area contributed by atoms with E-state index >= 15 is 0 Å². The summed E-state index contributed by atoms with van der Waals surface area (Å²) in [6.07, 6.45) is 0.582. The molecule has 1 atom stereocenters. The fraction of sp³-hybridized carbons (Fsp3) is 0.217. The van der Waals surface area contributed by atoms with Gasteiger partial charge < -0.3 is 9.32 Å². The maximum atomic E-state index is 12.9. The van der Waals surface area contributed by atoms with Crippen LogP contribution in [0.3, 0.4) is 0 Å². The van der Waals surface area contributed by atoms with Crippen molar-refractivity contribution >= 4 is 17.7 Å². The monoisotopic (exact) mass is 401 g/mol. The Morgan fingerprint density at radius 3 is 2.63 bits per heavy atom. The molecule has 3 heterocycles.